The van der Waals surface area contributed by atoms with Crippen LogP contribution in [0.2, 0.25) is 0 Å². The average molecular weight is 271 g/mol. The fraction of sp³-hybridized carbons (Fsp3) is 0.312. The number of hydrogen-bond acceptors (Lipinski definition) is 2. The number of Topliss-reactive ketones (excluding diaryl/α,β-unsaturated/α-hetero) is 1. The van der Waals surface area contributed by atoms with Gasteiger partial charge in [-0.2, -0.15) is 0 Å². The summed E-state index contributed by atoms with van der Waals surface area (Å²) in [4.78, 5) is 13.2. The van der Waals surface area contributed by atoms with E-state index in [0.29, 0.717) is 11.7 Å². The summed E-state index contributed by atoms with van der Waals surface area (Å²) in [5, 5.41) is 0. The molecule has 1 heterocycles. The van der Waals surface area contributed by atoms with Gasteiger partial charge in [0.2, 0.25) is 0 Å². The molecule has 2 nitrogen and oxygen atoms in total. The number of carbonyl (C=O) groups excluding carboxylic acids is 1. The summed E-state index contributed by atoms with van der Waals surface area (Å²) < 4.78 is 2.12. The first-order valence-electron chi connectivity index (χ1n) is 6.71. The lowest BCUT2D eigenvalue weighted by Gasteiger charge is -2.03. The normalized spacial score (nSPS) is 14.5. The van der Waals surface area contributed by atoms with Gasteiger partial charge in [-0.15, -0.1) is 11.8 Å². The summed E-state index contributed by atoms with van der Waals surface area (Å²) >= 11 is 1.85. The Morgan fingerprint density at radius 1 is 1.21 bits per heavy atom. The fourth-order valence-corrected chi connectivity index (χ4v) is 2.98. The molecule has 3 heteroatoms. The highest BCUT2D eigenvalue weighted by atomic mass is 32.2. The van der Waals surface area contributed by atoms with E-state index in [-0.39, 0.29) is 0 Å². The van der Waals surface area contributed by atoms with E-state index in [4.69, 9.17) is 0 Å². The minimum Gasteiger partial charge on any atom is -0.353 e. The molecule has 3 rings (SSSR count). The third kappa shape index (κ3) is 3.29. The first-order chi connectivity index (χ1) is 9.33. The first kappa shape index (κ1) is 12.5. The molecule has 98 valence electrons. The van der Waals surface area contributed by atoms with Crippen molar-refractivity contribution in [3.63, 3.8) is 0 Å². The molecule has 1 aromatic carbocycles. The standard InChI is InChI=1S/C16H17NOS/c18-16(13-6-7-13)14-8-9-17(12-14)10-11-19-15-4-2-1-3-5-15/h1-5,8-9,12-13H,6-7,10-11H2. The van der Waals surface area contributed by atoms with Crippen LogP contribution in [0.3, 0.4) is 0 Å². The number of nitrogens with zero attached hydrogens (tertiary/aromatic N) is 1. The molecule has 0 atom stereocenters. The Morgan fingerprint density at radius 3 is 2.74 bits per heavy atom. The molecule has 1 saturated carbocycles. The molecule has 0 bridgehead atoms. The third-order valence-electron chi connectivity index (χ3n) is 3.34. The van der Waals surface area contributed by atoms with E-state index < -0.39 is 0 Å². The van der Waals surface area contributed by atoms with Crippen molar-refractivity contribution >= 4 is 17.5 Å². The summed E-state index contributed by atoms with van der Waals surface area (Å²) in [5.74, 6) is 1.67. The molecule has 0 radical (unpaired) electrons. The van der Waals surface area contributed by atoms with Gasteiger partial charge >= 0.3 is 0 Å². The maximum Gasteiger partial charge on any atom is 0.167 e. The highest BCUT2D eigenvalue weighted by Crippen LogP contribution is 2.32. The summed E-state index contributed by atoms with van der Waals surface area (Å²) in [6, 6.07) is 12.4. The van der Waals surface area contributed by atoms with E-state index in [1.54, 1.807) is 0 Å². The van der Waals surface area contributed by atoms with Crippen molar-refractivity contribution in [2.75, 3.05) is 5.75 Å². The van der Waals surface area contributed by atoms with Crippen molar-refractivity contribution in [1.29, 1.82) is 0 Å². The van der Waals surface area contributed by atoms with Gasteiger partial charge in [-0.25, -0.2) is 0 Å². The molecule has 2 aromatic rings. The Morgan fingerprint density at radius 2 is 2.00 bits per heavy atom. The average Bonchev–Trinajstić information content (AvgIpc) is 3.19. The zero-order valence-corrected chi connectivity index (χ0v) is 11.6. The topological polar surface area (TPSA) is 22.0 Å². The molecule has 1 aliphatic carbocycles. The predicted octanol–water partition coefficient (Wildman–Crippen LogP) is 3.87. The highest BCUT2D eigenvalue weighted by molar-refractivity contribution is 7.99. The number of ketones is 1. The fourth-order valence-electron chi connectivity index (χ4n) is 2.09. The van der Waals surface area contributed by atoms with Gasteiger partial charge in [0.05, 0.1) is 0 Å². The van der Waals surface area contributed by atoms with Gasteiger partial charge in [-0.05, 0) is 31.0 Å². The number of carbonyl (C=O) groups is 1. The van der Waals surface area contributed by atoms with Crippen LogP contribution in [0, 0.1) is 5.92 Å². The van der Waals surface area contributed by atoms with E-state index in [1.807, 2.05) is 36.3 Å². The maximum atomic E-state index is 11.9. The number of hydrogen-bond donors (Lipinski definition) is 0. The van der Waals surface area contributed by atoms with Crippen LogP contribution in [0.1, 0.15) is 23.2 Å². The van der Waals surface area contributed by atoms with Gasteiger partial charge < -0.3 is 4.57 Å². The highest BCUT2D eigenvalue weighted by Gasteiger charge is 2.30. The number of benzene rings is 1. The van der Waals surface area contributed by atoms with Crippen molar-refractivity contribution in [2.24, 2.45) is 5.92 Å². The number of rotatable bonds is 6. The Hall–Kier alpha value is -1.48. The van der Waals surface area contributed by atoms with Crippen LogP contribution in [-0.2, 0) is 6.54 Å². The molecular formula is C16H17NOS. The Bertz CT molecular complexity index is 557. The van der Waals surface area contributed by atoms with Crippen molar-refractivity contribution in [3.8, 4) is 0 Å². The number of thioether (sulfide) groups is 1. The van der Waals surface area contributed by atoms with Gasteiger partial charge in [-0.3, -0.25) is 4.79 Å². The number of aromatic nitrogens is 1. The van der Waals surface area contributed by atoms with Crippen LogP contribution in [0.15, 0.2) is 53.7 Å². The summed E-state index contributed by atoms with van der Waals surface area (Å²) in [5.41, 5.74) is 0.882. The molecule has 19 heavy (non-hydrogen) atoms. The minimum absolute atomic E-state index is 0.314. The summed E-state index contributed by atoms with van der Waals surface area (Å²) in [6.07, 6.45) is 6.16. The van der Waals surface area contributed by atoms with Crippen LogP contribution in [0.5, 0.6) is 0 Å². The SMILES string of the molecule is O=C(c1ccn(CCSc2ccccc2)c1)C1CC1. The van der Waals surface area contributed by atoms with Gasteiger partial charge in [0.25, 0.3) is 0 Å². The van der Waals surface area contributed by atoms with Crippen LogP contribution in [0.25, 0.3) is 0 Å². The van der Waals surface area contributed by atoms with E-state index in [2.05, 4.69) is 28.8 Å². The molecule has 1 aromatic heterocycles. The summed E-state index contributed by atoms with van der Waals surface area (Å²) in [6.45, 7) is 0.942. The van der Waals surface area contributed by atoms with Crippen molar-refractivity contribution in [2.45, 2.75) is 24.3 Å². The lowest BCUT2D eigenvalue weighted by Crippen LogP contribution is -2.01. The molecule has 0 aliphatic heterocycles. The maximum absolute atomic E-state index is 11.9. The quantitative estimate of drug-likeness (QED) is 0.587. The Kier molecular flexibility index (Phi) is 3.74. The molecule has 0 amide bonds. The van der Waals surface area contributed by atoms with Crippen molar-refractivity contribution in [3.05, 3.63) is 54.4 Å². The molecule has 1 aliphatic rings. The monoisotopic (exact) mass is 271 g/mol. The zero-order chi connectivity index (χ0) is 13.1. The van der Waals surface area contributed by atoms with Gasteiger partial charge in [0.1, 0.15) is 0 Å². The lowest BCUT2D eigenvalue weighted by molar-refractivity contribution is 0.0967. The van der Waals surface area contributed by atoms with Crippen LogP contribution >= 0.6 is 11.8 Å². The van der Waals surface area contributed by atoms with E-state index in [9.17, 15) is 4.79 Å². The second kappa shape index (κ2) is 5.66. The molecule has 0 N–H and O–H groups in total. The molecule has 0 unspecified atom stereocenters. The van der Waals surface area contributed by atoms with Crippen molar-refractivity contribution in [1.82, 2.24) is 4.57 Å². The largest absolute Gasteiger partial charge is 0.353 e. The van der Waals surface area contributed by atoms with Gasteiger partial charge in [-0.1, -0.05) is 18.2 Å². The van der Waals surface area contributed by atoms with Crippen molar-refractivity contribution < 1.29 is 4.79 Å². The molecule has 0 spiro atoms. The van der Waals surface area contributed by atoms with Crippen LogP contribution in [0.4, 0.5) is 0 Å². The van der Waals surface area contributed by atoms with E-state index in [0.717, 1.165) is 30.7 Å². The molecule has 0 saturated heterocycles. The molecular weight excluding hydrogens is 254 g/mol. The smallest absolute Gasteiger partial charge is 0.167 e. The zero-order valence-electron chi connectivity index (χ0n) is 10.8. The summed E-state index contributed by atoms with van der Waals surface area (Å²) in [7, 11) is 0. The minimum atomic E-state index is 0.314. The van der Waals surface area contributed by atoms with Crippen LogP contribution < -0.4 is 0 Å². The first-order valence-corrected chi connectivity index (χ1v) is 7.69. The Balaban J connectivity index is 1.51. The van der Waals surface area contributed by atoms with Gasteiger partial charge in [0, 0.05) is 41.1 Å². The Labute approximate surface area is 117 Å². The lowest BCUT2D eigenvalue weighted by atomic mass is 10.1. The van der Waals surface area contributed by atoms with E-state index in [1.165, 1.54) is 4.90 Å². The molecule has 1 fully saturated rings. The van der Waals surface area contributed by atoms with Gasteiger partial charge in [0.15, 0.2) is 5.78 Å². The second-order valence-electron chi connectivity index (χ2n) is 4.94. The van der Waals surface area contributed by atoms with E-state index >= 15 is 0 Å². The third-order valence-corrected chi connectivity index (χ3v) is 4.34. The van der Waals surface area contributed by atoms with Crippen LogP contribution in [-0.4, -0.2) is 16.1 Å². The predicted molar refractivity (Wildman–Crippen MR) is 78.7 cm³/mol. The second-order valence-corrected chi connectivity index (χ2v) is 6.11. The number of aryl methyl sites for hydroxylation is 1.